The molecule has 0 radical (unpaired) electrons. The van der Waals surface area contributed by atoms with Crippen LogP contribution in [0.3, 0.4) is 0 Å². The fourth-order valence-corrected chi connectivity index (χ4v) is 3.93. The molecule has 1 aliphatic heterocycles. The van der Waals surface area contributed by atoms with Crippen LogP contribution < -0.4 is 10.2 Å². The van der Waals surface area contributed by atoms with Gasteiger partial charge in [-0.25, -0.2) is 14.8 Å². The summed E-state index contributed by atoms with van der Waals surface area (Å²) in [5.74, 6) is 0.104. The van der Waals surface area contributed by atoms with Gasteiger partial charge in [-0.2, -0.15) is 0 Å². The van der Waals surface area contributed by atoms with Gasteiger partial charge in [-0.15, -0.1) is 0 Å². The molecular formula is C25H25N5O6. The fraction of sp³-hybridized carbons (Fsp3) is 0.280. The molecule has 36 heavy (non-hydrogen) atoms. The van der Waals surface area contributed by atoms with Gasteiger partial charge in [-0.3, -0.25) is 14.9 Å². The lowest BCUT2D eigenvalue weighted by Crippen LogP contribution is -2.38. The number of rotatable bonds is 8. The van der Waals surface area contributed by atoms with Crippen LogP contribution in [-0.4, -0.2) is 52.6 Å². The van der Waals surface area contributed by atoms with Crippen molar-refractivity contribution in [3.8, 4) is 0 Å². The van der Waals surface area contributed by atoms with Gasteiger partial charge in [0.1, 0.15) is 12.4 Å². The predicted octanol–water partition coefficient (Wildman–Crippen LogP) is 4.50. The lowest BCUT2D eigenvalue weighted by molar-refractivity contribution is -0.383. The number of carbonyl (C=O) groups is 2. The number of ketones is 1. The molecule has 0 unspecified atom stereocenters. The van der Waals surface area contributed by atoms with Crippen molar-refractivity contribution in [3.63, 3.8) is 0 Å². The second-order valence-electron chi connectivity index (χ2n) is 8.04. The Bertz CT molecular complexity index is 1230. The molecule has 0 amide bonds. The number of benzene rings is 2. The molecule has 1 aromatic heterocycles. The Labute approximate surface area is 207 Å². The summed E-state index contributed by atoms with van der Waals surface area (Å²) in [5, 5.41) is 15.0. The van der Waals surface area contributed by atoms with E-state index in [0.717, 1.165) is 0 Å². The standard InChI is InChI=1S/C25H25N5O6/c1-2-35-25(32)36-20-12-14-29(15-13-20)24-21(30(33)34)23(26-16-27-24)28-19-10-8-18(9-11-19)22(31)17-6-4-3-5-7-17/h3-11,16,20H,2,12-15H2,1H3,(H,26,27,28). The van der Waals surface area contributed by atoms with E-state index in [0.29, 0.717) is 42.7 Å². The normalized spacial score (nSPS) is 13.6. The van der Waals surface area contributed by atoms with Crippen LogP contribution in [0.5, 0.6) is 0 Å². The second-order valence-corrected chi connectivity index (χ2v) is 8.04. The number of nitro groups is 1. The molecule has 4 rings (SSSR count). The smallest absolute Gasteiger partial charge is 0.435 e. The van der Waals surface area contributed by atoms with E-state index in [2.05, 4.69) is 15.3 Å². The highest BCUT2D eigenvalue weighted by Crippen LogP contribution is 2.35. The molecule has 0 spiro atoms. The molecule has 1 N–H and O–H groups in total. The fourth-order valence-electron chi connectivity index (χ4n) is 3.93. The van der Waals surface area contributed by atoms with Gasteiger partial charge in [0.15, 0.2) is 5.78 Å². The van der Waals surface area contributed by atoms with E-state index in [1.165, 1.54) is 6.33 Å². The first kappa shape index (κ1) is 24.6. The van der Waals surface area contributed by atoms with Crippen molar-refractivity contribution < 1.29 is 24.0 Å². The van der Waals surface area contributed by atoms with Crippen LogP contribution in [0.15, 0.2) is 60.9 Å². The summed E-state index contributed by atoms with van der Waals surface area (Å²) < 4.78 is 10.1. The Morgan fingerprint density at radius 1 is 1.06 bits per heavy atom. The summed E-state index contributed by atoms with van der Waals surface area (Å²) in [4.78, 5) is 45.7. The van der Waals surface area contributed by atoms with Crippen LogP contribution in [-0.2, 0) is 9.47 Å². The third kappa shape index (κ3) is 5.74. The van der Waals surface area contributed by atoms with Crippen LogP contribution in [0.1, 0.15) is 35.7 Å². The van der Waals surface area contributed by atoms with Gasteiger partial charge >= 0.3 is 11.8 Å². The molecule has 0 saturated carbocycles. The molecule has 3 aromatic rings. The summed E-state index contributed by atoms with van der Waals surface area (Å²) in [5.41, 5.74) is 1.35. The number of carbonyl (C=O) groups excluding carboxylic acids is 2. The van der Waals surface area contributed by atoms with Crippen LogP contribution >= 0.6 is 0 Å². The van der Waals surface area contributed by atoms with E-state index >= 15 is 0 Å². The lowest BCUT2D eigenvalue weighted by atomic mass is 10.0. The number of nitrogens with one attached hydrogen (secondary N) is 1. The maximum Gasteiger partial charge on any atom is 0.508 e. The molecule has 2 aromatic carbocycles. The SMILES string of the molecule is CCOC(=O)OC1CCN(c2ncnc(Nc3ccc(C(=O)c4ccccc4)cc3)c2[N+](=O)[O-])CC1. The van der Waals surface area contributed by atoms with Crippen molar-refractivity contribution in [3.05, 3.63) is 82.2 Å². The van der Waals surface area contributed by atoms with Crippen LogP contribution in [0.25, 0.3) is 0 Å². The van der Waals surface area contributed by atoms with E-state index in [1.54, 1.807) is 60.4 Å². The van der Waals surface area contributed by atoms with Gasteiger partial charge in [0.25, 0.3) is 0 Å². The molecule has 0 bridgehead atoms. The predicted molar refractivity (Wildman–Crippen MR) is 132 cm³/mol. The van der Waals surface area contributed by atoms with Crippen LogP contribution in [0.4, 0.5) is 27.8 Å². The third-order valence-electron chi connectivity index (χ3n) is 5.70. The first-order chi connectivity index (χ1) is 17.5. The Morgan fingerprint density at radius 3 is 2.36 bits per heavy atom. The zero-order valence-electron chi connectivity index (χ0n) is 19.6. The Morgan fingerprint density at radius 2 is 1.72 bits per heavy atom. The minimum absolute atomic E-state index is 0.0389. The molecule has 1 saturated heterocycles. The maximum atomic E-state index is 12.6. The van der Waals surface area contributed by atoms with Gasteiger partial charge < -0.3 is 19.7 Å². The van der Waals surface area contributed by atoms with E-state index in [1.807, 2.05) is 6.07 Å². The van der Waals surface area contributed by atoms with E-state index < -0.39 is 11.1 Å². The first-order valence-electron chi connectivity index (χ1n) is 11.5. The molecule has 2 heterocycles. The quantitative estimate of drug-likeness (QED) is 0.207. The topological polar surface area (TPSA) is 137 Å². The highest BCUT2D eigenvalue weighted by Gasteiger charge is 2.31. The largest absolute Gasteiger partial charge is 0.508 e. The van der Waals surface area contributed by atoms with E-state index in [4.69, 9.17) is 9.47 Å². The van der Waals surface area contributed by atoms with Gasteiger partial charge in [-0.1, -0.05) is 30.3 Å². The first-order valence-corrected chi connectivity index (χ1v) is 11.5. The van der Waals surface area contributed by atoms with Crippen molar-refractivity contribution >= 4 is 34.9 Å². The summed E-state index contributed by atoms with van der Waals surface area (Å²) in [6.45, 7) is 2.75. The van der Waals surface area contributed by atoms with Crippen molar-refractivity contribution in [1.29, 1.82) is 0 Å². The highest BCUT2D eigenvalue weighted by atomic mass is 16.7. The highest BCUT2D eigenvalue weighted by molar-refractivity contribution is 6.09. The number of hydrogen-bond donors (Lipinski definition) is 1. The average molecular weight is 492 g/mol. The van der Waals surface area contributed by atoms with E-state index in [9.17, 15) is 19.7 Å². The van der Waals surface area contributed by atoms with Gasteiger partial charge in [0, 0.05) is 42.7 Å². The number of hydrogen-bond acceptors (Lipinski definition) is 10. The lowest BCUT2D eigenvalue weighted by Gasteiger charge is -2.31. The molecule has 11 heteroatoms. The number of nitrogens with zero attached hydrogens (tertiary/aromatic N) is 4. The summed E-state index contributed by atoms with van der Waals surface area (Å²) in [6, 6.07) is 15.6. The van der Waals surface area contributed by atoms with Crippen LogP contribution in [0.2, 0.25) is 0 Å². The number of piperidine rings is 1. The molecule has 186 valence electrons. The number of anilines is 3. The van der Waals surface area contributed by atoms with E-state index in [-0.39, 0.29) is 35.8 Å². The van der Waals surface area contributed by atoms with Crippen LogP contribution in [0, 0.1) is 10.1 Å². The maximum absolute atomic E-state index is 12.6. The summed E-state index contributed by atoms with van der Waals surface area (Å²) in [6.07, 6.45) is 1.20. The second kappa shape index (κ2) is 11.3. The summed E-state index contributed by atoms with van der Waals surface area (Å²) in [7, 11) is 0. The number of ether oxygens (including phenoxy) is 2. The third-order valence-corrected chi connectivity index (χ3v) is 5.70. The summed E-state index contributed by atoms with van der Waals surface area (Å²) >= 11 is 0. The number of aromatic nitrogens is 2. The minimum atomic E-state index is -0.716. The molecule has 1 aliphatic rings. The zero-order valence-corrected chi connectivity index (χ0v) is 19.6. The zero-order chi connectivity index (χ0) is 25.5. The molecule has 1 fully saturated rings. The van der Waals surface area contributed by atoms with Gasteiger partial charge in [-0.05, 0) is 31.2 Å². The van der Waals surface area contributed by atoms with Crippen molar-refractivity contribution in [2.45, 2.75) is 25.9 Å². The molecule has 0 atom stereocenters. The minimum Gasteiger partial charge on any atom is -0.435 e. The Kier molecular flexibility index (Phi) is 7.69. The Balaban J connectivity index is 1.48. The Hall–Kier alpha value is -4.54. The molecule has 11 nitrogen and oxygen atoms in total. The van der Waals surface area contributed by atoms with Gasteiger partial charge in [0.2, 0.25) is 11.6 Å². The van der Waals surface area contributed by atoms with Gasteiger partial charge in [0.05, 0.1) is 11.5 Å². The molecular weight excluding hydrogens is 466 g/mol. The molecule has 0 aliphatic carbocycles. The average Bonchev–Trinajstić information content (AvgIpc) is 2.89. The van der Waals surface area contributed by atoms with Crippen molar-refractivity contribution in [2.75, 3.05) is 29.9 Å². The van der Waals surface area contributed by atoms with Crippen molar-refractivity contribution in [2.24, 2.45) is 0 Å². The monoisotopic (exact) mass is 491 g/mol. The van der Waals surface area contributed by atoms with Crippen molar-refractivity contribution in [1.82, 2.24) is 9.97 Å².